The van der Waals surface area contributed by atoms with Crippen LogP contribution in [0, 0.1) is 0 Å². The van der Waals surface area contributed by atoms with E-state index in [2.05, 4.69) is 20.7 Å². The molecule has 0 unspecified atom stereocenters. The standard InChI is InChI=1S/C13H10BrNO4S/c14-10-4-2-6-12(8-10)20(18,19)15-11-5-1-3-9(7-11)13(16)17/h1-8,15H,(H,16,17). The van der Waals surface area contributed by atoms with Crippen LogP contribution in [0.1, 0.15) is 10.4 Å². The Morgan fingerprint density at radius 1 is 1.10 bits per heavy atom. The second-order valence-electron chi connectivity index (χ2n) is 3.95. The monoisotopic (exact) mass is 355 g/mol. The maximum atomic E-state index is 12.2. The molecule has 0 heterocycles. The highest BCUT2D eigenvalue weighted by Crippen LogP contribution is 2.20. The van der Waals surface area contributed by atoms with Crippen molar-refractivity contribution in [2.45, 2.75) is 4.90 Å². The predicted octanol–water partition coefficient (Wildman–Crippen LogP) is 2.95. The van der Waals surface area contributed by atoms with E-state index in [4.69, 9.17) is 5.11 Å². The molecule has 104 valence electrons. The van der Waals surface area contributed by atoms with Gasteiger partial charge >= 0.3 is 5.97 Å². The zero-order chi connectivity index (χ0) is 14.8. The third-order valence-corrected chi connectivity index (χ3v) is 4.34. The Morgan fingerprint density at radius 2 is 1.80 bits per heavy atom. The van der Waals surface area contributed by atoms with Crippen molar-refractivity contribution in [2.24, 2.45) is 0 Å². The number of benzene rings is 2. The predicted molar refractivity (Wildman–Crippen MR) is 78.4 cm³/mol. The Bertz CT molecular complexity index is 758. The van der Waals surface area contributed by atoms with Gasteiger partial charge in [-0.1, -0.05) is 28.1 Å². The zero-order valence-electron chi connectivity index (χ0n) is 10.1. The first kappa shape index (κ1) is 14.5. The zero-order valence-corrected chi connectivity index (χ0v) is 12.5. The molecule has 20 heavy (non-hydrogen) atoms. The number of nitrogens with one attached hydrogen (secondary N) is 1. The van der Waals surface area contributed by atoms with Crippen molar-refractivity contribution in [2.75, 3.05) is 4.72 Å². The summed E-state index contributed by atoms with van der Waals surface area (Å²) in [5.41, 5.74) is 0.212. The molecule has 0 aromatic heterocycles. The normalized spacial score (nSPS) is 11.1. The first-order valence-corrected chi connectivity index (χ1v) is 7.78. The molecule has 2 aromatic rings. The largest absolute Gasteiger partial charge is 0.478 e. The van der Waals surface area contributed by atoms with Crippen LogP contribution in [0.2, 0.25) is 0 Å². The maximum Gasteiger partial charge on any atom is 0.335 e. The molecule has 0 amide bonds. The fraction of sp³-hybridized carbons (Fsp3) is 0. The van der Waals surface area contributed by atoms with Crippen LogP contribution in [-0.2, 0) is 10.0 Å². The van der Waals surface area contributed by atoms with Crippen LogP contribution < -0.4 is 4.72 Å². The molecule has 0 bridgehead atoms. The Hall–Kier alpha value is -1.86. The summed E-state index contributed by atoms with van der Waals surface area (Å²) in [7, 11) is -3.75. The van der Waals surface area contributed by atoms with E-state index in [1.807, 2.05) is 0 Å². The minimum Gasteiger partial charge on any atom is -0.478 e. The lowest BCUT2D eigenvalue weighted by atomic mass is 10.2. The molecular formula is C13H10BrNO4S. The van der Waals surface area contributed by atoms with Crippen LogP contribution in [0.3, 0.4) is 0 Å². The van der Waals surface area contributed by atoms with Crippen molar-refractivity contribution >= 4 is 37.6 Å². The van der Waals surface area contributed by atoms with Crippen molar-refractivity contribution < 1.29 is 18.3 Å². The SMILES string of the molecule is O=C(O)c1cccc(NS(=O)(=O)c2cccc(Br)c2)c1. The van der Waals surface area contributed by atoms with Crippen molar-refractivity contribution in [3.63, 3.8) is 0 Å². The summed E-state index contributed by atoms with van der Waals surface area (Å²) in [5, 5.41) is 8.88. The van der Waals surface area contributed by atoms with Crippen LogP contribution >= 0.6 is 15.9 Å². The number of hydrogen-bond acceptors (Lipinski definition) is 3. The fourth-order valence-electron chi connectivity index (χ4n) is 1.56. The van der Waals surface area contributed by atoms with E-state index in [1.165, 1.54) is 36.4 Å². The van der Waals surface area contributed by atoms with Gasteiger partial charge in [-0.25, -0.2) is 13.2 Å². The summed E-state index contributed by atoms with van der Waals surface area (Å²) in [4.78, 5) is 10.9. The molecule has 5 nitrogen and oxygen atoms in total. The van der Waals surface area contributed by atoms with E-state index < -0.39 is 16.0 Å². The number of halogens is 1. The van der Waals surface area contributed by atoms with Crippen molar-refractivity contribution in [1.29, 1.82) is 0 Å². The van der Waals surface area contributed by atoms with Crippen LogP contribution in [0.15, 0.2) is 57.9 Å². The molecule has 0 saturated carbocycles. The quantitative estimate of drug-likeness (QED) is 0.882. The number of sulfonamides is 1. The molecule has 7 heteroatoms. The molecule has 2 aromatic carbocycles. The van der Waals surface area contributed by atoms with Gasteiger partial charge in [0.15, 0.2) is 0 Å². The summed E-state index contributed by atoms with van der Waals surface area (Å²) in [6.45, 7) is 0. The van der Waals surface area contributed by atoms with Crippen LogP contribution in [0.25, 0.3) is 0 Å². The van der Waals surface area contributed by atoms with Gasteiger partial charge in [0.1, 0.15) is 0 Å². The Morgan fingerprint density at radius 3 is 2.45 bits per heavy atom. The molecule has 0 saturated heterocycles. The van der Waals surface area contributed by atoms with Gasteiger partial charge in [-0.2, -0.15) is 0 Å². The number of carbonyl (C=O) groups is 1. The van der Waals surface area contributed by atoms with E-state index in [0.29, 0.717) is 4.47 Å². The smallest absolute Gasteiger partial charge is 0.335 e. The lowest BCUT2D eigenvalue weighted by Crippen LogP contribution is -2.13. The van der Waals surface area contributed by atoms with Crippen molar-refractivity contribution in [3.05, 3.63) is 58.6 Å². The highest BCUT2D eigenvalue weighted by Gasteiger charge is 2.15. The van der Waals surface area contributed by atoms with Crippen LogP contribution in [0.5, 0.6) is 0 Å². The molecular weight excluding hydrogens is 346 g/mol. The van der Waals surface area contributed by atoms with Gasteiger partial charge in [0.05, 0.1) is 10.5 Å². The van der Waals surface area contributed by atoms with Crippen LogP contribution in [-0.4, -0.2) is 19.5 Å². The molecule has 0 aliphatic heterocycles. The van der Waals surface area contributed by atoms with Gasteiger partial charge < -0.3 is 5.11 Å². The summed E-state index contributed by atoms with van der Waals surface area (Å²) < 4.78 is 27.3. The van der Waals surface area contributed by atoms with Gasteiger partial charge in [0, 0.05) is 10.2 Å². The third kappa shape index (κ3) is 3.37. The number of rotatable bonds is 4. The third-order valence-electron chi connectivity index (χ3n) is 2.47. The minimum atomic E-state index is -3.75. The molecule has 2 rings (SSSR count). The summed E-state index contributed by atoms with van der Waals surface area (Å²) in [6.07, 6.45) is 0. The Kier molecular flexibility index (Phi) is 4.10. The van der Waals surface area contributed by atoms with Crippen molar-refractivity contribution in [3.8, 4) is 0 Å². The molecule has 0 atom stereocenters. The number of carboxylic acids is 1. The molecule has 0 spiro atoms. The van der Waals surface area contributed by atoms with E-state index in [0.717, 1.165) is 0 Å². The first-order chi connectivity index (χ1) is 9.38. The fourth-order valence-corrected chi connectivity index (χ4v) is 3.21. The van der Waals surface area contributed by atoms with Gasteiger partial charge in [0.25, 0.3) is 10.0 Å². The molecule has 0 aliphatic carbocycles. The minimum absolute atomic E-state index is 0.0134. The molecule has 0 aliphatic rings. The van der Waals surface area contributed by atoms with Gasteiger partial charge in [-0.05, 0) is 36.4 Å². The number of hydrogen-bond donors (Lipinski definition) is 2. The second kappa shape index (κ2) is 5.64. The van der Waals surface area contributed by atoms with E-state index in [1.54, 1.807) is 12.1 Å². The number of aromatic carboxylic acids is 1. The lowest BCUT2D eigenvalue weighted by Gasteiger charge is -2.08. The second-order valence-corrected chi connectivity index (χ2v) is 6.55. The Balaban J connectivity index is 2.33. The van der Waals surface area contributed by atoms with E-state index in [9.17, 15) is 13.2 Å². The van der Waals surface area contributed by atoms with E-state index >= 15 is 0 Å². The van der Waals surface area contributed by atoms with E-state index in [-0.39, 0.29) is 16.1 Å². The van der Waals surface area contributed by atoms with Crippen molar-refractivity contribution in [1.82, 2.24) is 0 Å². The highest BCUT2D eigenvalue weighted by atomic mass is 79.9. The Labute approximate surface area is 124 Å². The number of anilines is 1. The average Bonchev–Trinajstić information content (AvgIpc) is 2.38. The van der Waals surface area contributed by atoms with Gasteiger partial charge in [-0.3, -0.25) is 4.72 Å². The molecule has 0 radical (unpaired) electrons. The number of carboxylic acid groups (broad SMARTS) is 1. The summed E-state index contributed by atoms with van der Waals surface area (Å²) in [5.74, 6) is -1.12. The van der Waals surface area contributed by atoms with Crippen LogP contribution in [0.4, 0.5) is 5.69 Å². The average molecular weight is 356 g/mol. The highest BCUT2D eigenvalue weighted by molar-refractivity contribution is 9.10. The summed E-state index contributed by atoms with van der Waals surface area (Å²) >= 11 is 3.20. The molecule has 0 fully saturated rings. The lowest BCUT2D eigenvalue weighted by molar-refractivity contribution is 0.0697. The summed E-state index contributed by atoms with van der Waals surface area (Å²) in [6, 6.07) is 11.8. The molecule has 2 N–H and O–H groups in total. The topological polar surface area (TPSA) is 83.5 Å². The maximum absolute atomic E-state index is 12.2. The van der Waals surface area contributed by atoms with Gasteiger partial charge in [-0.15, -0.1) is 0 Å². The first-order valence-electron chi connectivity index (χ1n) is 5.50. The van der Waals surface area contributed by atoms with Gasteiger partial charge in [0.2, 0.25) is 0 Å².